The van der Waals surface area contributed by atoms with E-state index < -0.39 is 0 Å². The molecule has 1 saturated heterocycles. The van der Waals surface area contributed by atoms with E-state index in [1.165, 1.54) is 16.8 Å². The highest BCUT2D eigenvalue weighted by molar-refractivity contribution is 5.79. The van der Waals surface area contributed by atoms with Gasteiger partial charge in [-0.25, -0.2) is 0 Å². The Balaban J connectivity index is 1.25. The highest BCUT2D eigenvalue weighted by Gasteiger charge is 2.21. The van der Waals surface area contributed by atoms with Gasteiger partial charge in [0.05, 0.1) is 13.5 Å². The van der Waals surface area contributed by atoms with Gasteiger partial charge in [-0.15, -0.1) is 0 Å². The molecule has 1 aliphatic heterocycles. The number of nitrogens with zero attached hydrogens (tertiary/aromatic N) is 1. The van der Waals surface area contributed by atoms with Crippen molar-refractivity contribution in [1.82, 2.24) is 5.32 Å². The Morgan fingerprint density at radius 3 is 2.17 bits per heavy atom. The van der Waals surface area contributed by atoms with Gasteiger partial charge in [0, 0.05) is 24.8 Å². The van der Waals surface area contributed by atoms with Crippen molar-refractivity contribution in [3.8, 4) is 16.9 Å². The fraction of sp³-hybridized carbons (Fsp3) is 0.269. The Kier molecular flexibility index (Phi) is 6.33. The molecule has 0 atom stereocenters. The van der Waals surface area contributed by atoms with E-state index in [0.717, 1.165) is 37.2 Å². The summed E-state index contributed by atoms with van der Waals surface area (Å²) in [7, 11) is 1.68. The summed E-state index contributed by atoms with van der Waals surface area (Å²) in [6, 6.07) is 27.0. The largest absolute Gasteiger partial charge is 0.497 e. The van der Waals surface area contributed by atoms with Crippen molar-refractivity contribution in [3.05, 3.63) is 84.4 Å². The van der Waals surface area contributed by atoms with Gasteiger partial charge in [-0.05, 0) is 53.8 Å². The quantitative estimate of drug-likeness (QED) is 0.653. The molecule has 3 aromatic carbocycles. The Morgan fingerprint density at radius 1 is 0.900 bits per heavy atom. The molecule has 1 N–H and O–H groups in total. The van der Waals surface area contributed by atoms with Crippen LogP contribution in [0.25, 0.3) is 11.1 Å². The monoisotopic (exact) mass is 400 g/mol. The number of methoxy groups -OCH3 is 1. The first-order chi connectivity index (χ1) is 14.7. The molecule has 1 fully saturated rings. The van der Waals surface area contributed by atoms with Crippen LogP contribution < -0.4 is 15.0 Å². The van der Waals surface area contributed by atoms with Gasteiger partial charge in [-0.1, -0.05) is 54.6 Å². The number of amides is 1. The second kappa shape index (κ2) is 9.49. The van der Waals surface area contributed by atoms with Crippen LogP contribution in [-0.4, -0.2) is 32.1 Å². The number of hydrogen-bond donors (Lipinski definition) is 1. The molecule has 0 aromatic heterocycles. The van der Waals surface area contributed by atoms with Gasteiger partial charge in [0.25, 0.3) is 0 Å². The van der Waals surface area contributed by atoms with Crippen molar-refractivity contribution in [2.75, 3.05) is 25.1 Å². The summed E-state index contributed by atoms with van der Waals surface area (Å²) in [5.41, 5.74) is 4.62. The molecule has 4 nitrogen and oxygen atoms in total. The number of anilines is 1. The topological polar surface area (TPSA) is 41.6 Å². The summed E-state index contributed by atoms with van der Waals surface area (Å²) in [5, 5.41) is 3.22. The zero-order valence-electron chi connectivity index (χ0n) is 17.4. The normalized spacial score (nSPS) is 14.4. The Labute approximate surface area is 178 Å². The highest BCUT2D eigenvalue weighted by Crippen LogP contribution is 2.23. The van der Waals surface area contributed by atoms with Crippen molar-refractivity contribution in [1.29, 1.82) is 0 Å². The average Bonchev–Trinajstić information content (AvgIpc) is 2.81. The minimum Gasteiger partial charge on any atom is -0.497 e. The van der Waals surface area contributed by atoms with E-state index >= 15 is 0 Å². The lowest BCUT2D eigenvalue weighted by Crippen LogP contribution is -2.45. The van der Waals surface area contributed by atoms with E-state index in [9.17, 15) is 4.79 Å². The molecular formula is C26H28N2O2. The van der Waals surface area contributed by atoms with E-state index in [-0.39, 0.29) is 11.9 Å². The summed E-state index contributed by atoms with van der Waals surface area (Å²) >= 11 is 0. The van der Waals surface area contributed by atoms with Crippen molar-refractivity contribution in [2.24, 2.45) is 0 Å². The maximum atomic E-state index is 12.5. The number of ether oxygens (including phenoxy) is 1. The van der Waals surface area contributed by atoms with Crippen molar-refractivity contribution >= 4 is 11.6 Å². The molecule has 0 aliphatic carbocycles. The van der Waals surface area contributed by atoms with Crippen LogP contribution in [0, 0.1) is 0 Å². The molecule has 0 bridgehead atoms. The fourth-order valence-electron chi connectivity index (χ4n) is 3.98. The number of carbonyl (C=O) groups excluding carboxylic acids is 1. The Hall–Kier alpha value is -3.27. The molecule has 0 unspecified atom stereocenters. The van der Waals surface area contributed by atoms with E-state index in [2.05, 4.69) is 46.6 Å². The molecule has 3 aromatic rings. The number of piperidine rings is 1. The van der Waals surface area contributed by atoms with Gasteiger partial charge in [-0.2, -0.15) is 0 Å². The van der Waals surface area contributed by atoms with Gasteiger partial charge < -0.3 is 15.0 Å². The SMILES string of the molecule is COc1ccc(N2CCC(NC(=O)Cc3ccc(-c4ccccc4)cc3)CC2)cc1. The van der Waals surface area contributed by atoms with Gasteiger partial charge >= 0.3 is 0 Å². The maximum absolute atomic E-state index is 12.5. The molecule has 4 rings (SSSR count). The summed E-state index contributed by atoms with van der Waals surface area (Å²) in [5.74, 6) is 0.975. The third-order valence-electron chi connectivity index (χ3n) is 5.72. The highest BCUT2D eigenvalue weighted by atomic mass is 16.5. The van der Waals surface area contributed by atoms with Crippen molar-refractivity contribution in [2.45, 2.75) is 25.3 Å². The second-order valence-corrected chi connectivity index (χ2v) is 7.77. The molecule has 1 amide bonds. The van der Waals surface area contributed by atoms with Gasteiger partial charge in [0.1, 0.15) is 5.75 Å². The first-order valence-corrected chi connectivity index (χ1v) is 10.5. The van der Waals surface area contributed by atoms with Crippen molar-refractivity contribution < 1.29 is 9.53 Å². The lowest BCUT2D eigenvalue weighted by molar-refractivity contribution is -0.121. The Bertz CT molecular complexity index is 945. The fourth-order valence-corrected chi connectivity index (χ4v) is 3.98. The average molecular weight is 401 g/mol. The third kappa shape index (κ3) is 5.01. The van der Waals surface area contributed by atoms with Crippen LogP contribution in [0.15, 0.2) is 78.9 Å². The third-order valence-corrected chi connectivity index (χ3v) is 5.72. The minimum absolute atomic E-state index is 0.102. The molecule has 4 heteroatoms. The van der Waals surface area contributed by atoms with Crippen LogP contribution in [0.2, 0.25) is 0 Å². The molecule has 30 heavy (non-hydrogen) atoms. The van der Waals surface area contributed by atoms with Crippen LogP contribution in [0.5, 0.6) is 5.75 Å². The zero-order chi connectivity index (χ0) is 20.8. The van der Waals surface area contributed by atoms with Gasteiger partial charge in [0.15, 0.2) is 0 Å². The minimum atomic E-state index is 0.102. The van der Waals surface area contributed by atoms with Crippen molar-refractivity contribution in [3.63, 3.8) is 0 Å². The van der Waals surface area contributed by atoms with Gasteiger partial charge in [0.2, 0.25) is 5.91 Å². The summed E-state index contributed by atoms with van der Waals surface area (Å²) < 4.78 is 5.23. The van der Waals surface area contributed by atoms with E-state index in [1.54, 1.807) is 7.11 Å². The van der Waals surface area contributed by atoms with Crippen LogP contribution in [0.3, 0.4) is 0 Å². The molecule has 1 aliphatic rings. The lowest BCUT2D eigenvalue weighted by atomic mass is 10.0. The molecule has 1 heterocycles. The number of rotatable bonds is 6. The number of benzene rings is 3. The van der Waals surface area contributed by atoms with Crippen LogP contribution in [0.4, 0.5) is 5.69 Å². The Morgan fingerprint density at radius 2 is 1.53 bits per heavy atom. The first kappa shape index (κ1) is 20.0. The number of hydrogen-bond acceptors (Lipinski definition) is 3. The number of carbonyl (C=O) groups is 1. The predicted molar refractivity (Wildman–Crippen MR) is 122 cm³/mol. The molecule has 0 radical (unpaired) electrons. The standard InChI is InChI=1S/C26H28N2O2/c1-30-25-13-11-24(12-14-25)28-17-15-23(16-18-28)27-26(29)19-20-7-9-22(10-8-20)21-5-3-2-4-6-21/h2-14,23H,15-19H2,1H3,(H,27,29). The summed E-state index contributed by atoms with van der Waals surface area (Å²) in [6.45, 7) is 1.89. The summed E-state index contributed by atoms with van der Waals surface area (Å²) in [4.78, 5) is 14.9. The number of nitrogens with one attached hydrogen (secondary N) is 1. The molecular weight excluding hydrogens is 372 g/mol. The summed E-state index contributed by atoms with van der Waals surface area (Å²) in [6.07, 6.45) is 2.35. The predicted octanol–water partition coefficient (Wildman–Crippen LogP) is 4.69. The van der Waals surface area contributed by atoms with Gasteiger partial charge in [-0.3, -0.25) is 4.79 Å². The molecule has 0 spiro atoms. The second-order valence-electron chi connectivity index (χ2n) is 7.77. The lowest BCUT2D eigenvalue weighted by Gasteiger charge is -2.34. The van der Waals surface area contributed by atoms with E-state index in [1.807, 2.05) is 42.5 Å². The van der Waals surface area contributed by atoms with E-state index in [0.29, 0.717) is 6.42 Å². The van der Waals surface area contributed by atoms with Crippen LogP contribution >= 0.6 is 0 Å². The molecule has 154 valence electrons. The van der Waals surface area contributed by atoms with E-state index in [4.69, 9.17) is 4.74 Å². The van der Waals surface area contributed by atoms with Crippen LogP contribution in [-0.2, 0) is 11.2 Å². The zero-order valence-corrected chi connectivity index (χ0v) is 17.4. The van der Waals surface area contributed by atoms with Crippen LogP contribution in [0.1, 0.15) is 18.4 Å². The maximum Gasteiger partial charge on any atom is 0.224 e. The molecule has 0 saturated carbocycles. The first-order valence-electron chi connectivity index (χ1n) is 10.5. The smallest absolute Gasteiger partial charge is 0.224 e.